The van der Waals surface area contributed by atoms with Crippen LogP contribution in [0.1, 0.15) is 18.2 Å². The van der Waals surface area contributed by atoms with Crippen molar-refractivity contribution in [3.8, 4) is 0 Å². The summed E-state index contributed by atoms with van der Waals surface area (Å²) >= 11 is 0. The zero-order valence-corrected chi connectivity index (χ0v) is 11.9. The smallest absolute Gasteiger partial charge is 0.237 e. The highest BCUT2D eigenvalue weighted by molar-refractivity contribution is 5.83. The third-order valence-electron chi connectivity index (χ3n) is 3.52. The first-order valence-corrected chi connectivity index (χ1v) is 6.42. The molecule has 4 nitrogen and oxygen atoms in total. The summed E-state index contributed by atoms with van der Waals surface area (Å²) in [5, 5.41) is 4.01. The number of hydrogen-bond donors (Lipinski definition) is 1. The van der Waals surface area contributed by atoms with E-state index >= 15 is 0 Å². The quantitative estimate of drug-likeness (QED) is 0.917. The predicted molar refractivity (Wildman–Crippen MR) is 75.9 cm³/mol. The molecule has 2 rings (SSSR count). The number of nitrogens with zero attached hydrogens (tertiary/aromatic N) is 1. The molecule has 4 heteroatoms. The Hall–Kier alpha value is -1.81. The van der Waals surface area contributed by atoms with Gasteiger partial charge in [-0.25, -0.2) is 0 Å². The largest absolute Gasteiger partial charge is 0.459 e. The van der Waals surface area contributed by atoms with Crippen molar-refractivity contribution in [3.05, 3.63) is 35.6 Å². The Labute approximate surface area is 113 Å². The maximum absolute atomic E-state index is 11.9. The van der Waals surface area contributed by atoms with Crippen LogP contribution in [-0.4, -0.2) is 30.9 Å². The van der Waals surface area contributed by atoms with E-state index in [4.69, 9.17) is 4.42 Å². The average molecular weight is 260 g/mol. The van der Waals surface area contributed by atoms with Gasteiger partial charge in [-0.1, -0.05) is 18.2 Å². The second kappa shape index (κ2) is 5.45. The van der Waals surface area contributed by atoms with Crippen LogP contribution in [0.4, 0.5) is 0 Å². The number of rotatable bonds is 4. The van der Waals surface area contributed by atoms with Crippen LogP contribution in [0.2, 0.25) is 0 Å². The maximum atomic E-state index is 11.9. The number of benzene rings is 1. The summed E-state index contributed by atoms with van der Waals surface area (Å²) in [7, 11) is 3.77. The van der Waals surface area contributed by atoms with Crippen LogP contribution in [-0.2, 0) is 11.3 Å². The van der Waals surface area contributed by atoms with Gasteiger partial charge < -0.3 is 9.73 Å². The number of hydrogen-bond acceptors (Lipinski definition) is 3. The average Bonchev–Trinajstić information content (AvgIpc) is 2.72. The minimum absolute atomic E-state index is 0.00450. The fourth-order valence-corrected chi connectivity index (χ4v) is 1.94. The van der Waals surface area contributed by atoms with Crippen molar-refractivity contribution in [1.82, 2.24) is 10.2 Å². The minimum Gasteiger partial charge on any atom is -0.459 e. The van der Waals surface area contributed by atoms with E-state index < -0.39 is 0 Å². The fourth-order valence-electron chi connectivity index (χ4n) is 1.94. The first kappa shape index (κ1) is 13.6. The molecule has 19 heavy (non-hydrogen) atoms. The van der Waals surface area contributed by atoms with Gasteiger partial charge in [-0.05, 0) is 34.0 Å². The first-order valence-electron chi connectivity index (χ1n) is 6.42. The van der Waals surface area contributed by atoms with Gasteiger partial charge in [0.25, 0.3) is 0 Å². The number of nitrogens with one attached hydrogen (secondary N) is 1. The Morgan fingerprint density at radius 2 is 2.05 bits per heavy atom. The number of carbonyl (C=O) groups is 1. The fraction of sp³-hybridized carbons (Fsp3) is 0.400. The Bertz CT molecular complexity index is 587. The molecular weight excluding hydrogens is 240 g/mol. The van der Waals surface area contributed by atoms with Gasteiger partial charge in [0.05, 0.1) is 12.6 Å². The van der Waals surface area contributed by atoms with Gasteiger partial charge >= 0.3 is 0 Å². The van der Waals surface area contributed by atoms with Gasteiger partial charge in [0, 0.05) is 10.9 Å². The van der Waals surface area contributed by atoms with Crippen molar-refractivity contribution in [1.29, 1.82) is 0 Å². The van der Waals surface area contributed by atoms with Crippen molar-refractivity contribution >= 4 is 16.9 Å². The molecule has 1 atom stereocenters. The van der Waals surface area contributed by atoms with Crippen molar-refractivity contribution in [3.63, 3.8) is 0 Å². The molecule has 0 aliphatic carbocycles. The molecule has 0 saturated heterocycles. The van der Waals surface area contributed by atoms with Crippen LogP contribution in [0.3, 0.4) is 0 Å². The van der Waals surface area contributed by atoms with E-state index in [1.807, 2.05) is 57.1 Å². The zero-order chi connectivity index (χ0) is 14.0. The SMILES string of the molecule is Cc1c(CNC(=O)[C@@H](C)N(C)C)oc2ccccc12. The number of amides is 1. The lowest BCUT2D eigenvalue weighted by molar-refractivity contribution is -0.125. The number of aryl methyl sites for hydroxylation is 1. The zero-order valence-electron chi connectivity index (χ0n) is 11.9. The Kier molecular flexibility index (Phi) is 3.90. The van der Waals surface area contributed by atoms with Crippen LogP contribution in [0.15, 0.2) is 28.7 Å². The molecule has 1 aromatic carbocycles. The number of fused-ring (bicyclic) bond motifs is 1. The highest BCUT2D eigenvalue weighted by Crippen LogP contribution is 2.24. The van der Waals surface area contributed by atoms with Gasteiger partial charge in [-0.3, -0.25) is 9.69 Å². The van der Waals surface area contributed by atoms with E-state index in [-0.39, 0.29) is 11.9 Å². The normalized spacial score (nSPS) is 12.9. The third kappa shape index (κ3) is 2.79. The number of likely N-dealkylation sites (N-methyl/N-ethyl adjacent to an activating group) is 1. The van der Waals surface area contributed by atoms with E-state index in [1.165, 1.54) is 0 Å². The van der Waals surface area contributed by atoms with Crippen LogP contribution in [0, 0.1) is 6.92 Å². The first-order chi connectivity index (χ1) is 9.00. The van der Waals surface area contributed by atoms with Gasteiger partial charge in [-0.15, -0.1) is 0 Å². The summed E-state index contributed by atoms with van der Waals surface area (Å²) in [4.78, 5) is 13.8. The lowest BCUT2D eigenvalue weighted by Gasteiger charge is -2.18. The van der Waals surface area contributed by atoms with Gasteiger partial charge in [0.15, 0.2) is 0 Å². The molecule has 0 bridgehead atoms. The van der Waals surface area contributed by atoms with E-state index in [1.54, 1.807) is 0 Å². The van der Waals surface area contributed by atoms with Crippen LogP contribution < -0.4 is 5.32 Å². The van der Waals surface area contributed by atoms with Gasteiger partial charge in [0.1, 0.15) is 11.3 Å². The lowest BCUT2D eigenvalue weighted by atomic mass is 10.1. The van der Waals surface area contributed by atoms with Crippen LogP contribution >= 0.6 is 0 Å². The summed E-state index contributed by atoms with van der Waals surface area (Å²) in [6.45, 7) is 4.32. The molecule has 2 aromatic rings. The molecule has 102 valence electrons. The lowest BCUT2D eigenvalue weighted by Crippen LogP contribution is -2.41. The molecule has 1 aromatic heterocycles. The molecule has 1 heterocycles. The minimum atomic E-state index is -0.148. The number of para-hydroxylation sites is 1. The monoisotopic (exact) mass is 260 g/mol. The van der Waals surface area contributed by atoms with Gasteiger partial charge in [-0.2, -0.15) is 0 Å². The highest BCUT2D eigenvalue weighted by atomic mass is 16.3. The highest BCUT2D eigenvalue weighted by Gasteiger charge is 2.16. The molecule has 0 aliphatic heterocycles. The molecule has 0 spiro atoms. The standard InChI is InChI=1S/C15H20N2O2/c1-10-12-7-5-6-8-13(12)19-14(10)9-16-15(18)11(2)17(3)4/h5-8,11H,9H2,1-4H3,(H,16,18)/t11-/m1/s1. The van der Waals surface area contributed by atoms with Crippen molar-refractivity contribution in [2.45, 2.75) is 26.4 Å². The topological polar surface area (TPSA) is 45.5 Å². The van der Waals surface area contributed by atoms with E-state index in [9.17, 15) is 4.79 Å². The van der Waals surface area contributed by atoms with Crippen molar-refractivity contribution in [2.24, 2.45) is 0 Å². The predicted octanol–water partition coefficient (Wildman–Crippen LogP) is 2.31. The van der Waals surface area contributed by atoms with Crippen molar-refractivity contribution in [2.75, 3.05) is 14.1 Å². The molecule has 0 unspecified atom stereocenters. The Morgan fingerprint density at radius 3 is 2.68 bits per heavy atom. The van der Waals surface area contributed by atoms with Crippen LogP contribution in [0.25, 0.3) is 11.0 Å². The molecule has 0 radical (unpaired) electrons. The molecule has 1 amide bonds. The molecule has 0 fully saturated rings. The third-order valence-corrected chi connectivity index (χ3v) is 3.52. The molecular formula is C15H20N2O2. The summed E-state index contributed by atoms with van der Waals surface area (Å²) in [6.07, 6.45) is 0. The Balaban J connectivity index is 2.10. The van der Waals surface area contributed by atoms with E-state index in [0.717, 1.165) is 22.3 Å². The summed E-state index contributed by atoms with van der Waals surface area (Å²) < 4.78 is 5.76. The van der Waals surface area contributed by atoms with Gasteiger partial charge in [0.2, 0.25) is 5.91 Å². The summed E-state index contributed by atoms with van der Waals surface area (Å²) in [5.74, 6) is 0.824. The summed E-state index contributed by atoms with van der Waals surface area (Å²) in [6, 6.07) is 7.76. The van der Waals surface area contributed by atoms with Crippen LogP contribution in [0.5, 0.6) is 0 Å². The summed E-state index contributed by atoms with van der Waals surface area (Å²) in [5.41, 5.74) is 1.96. The van der Waals surface area contributed by atoms with Crippen molar-refractivity contribution < 1.29 is 9.21 Å². The number of carbonyl (C=O) groups excluding carboxylic acids is 1. The molecule has 0 saturated carbocycles. The Morgan fingerprint density at radius 1 is 1.37 bits per heavy atom. The number of furan rings is 1. The second-order valence-corrected chi connectivity index (χ2v) is 5.00. The van der Waals surface area contributed by atoms with E-state index in [0.29, 0.717) is 6.54 Å². The molecule has 0 aliphatic rings. The van der Waals surface area contributed by atoms with E-state index in [2.05, 4.69) is 5.32 Å². The maximum Gasteiger partial charge on any atom is 0.237 e. The molecule has 1 N–H and O–H groups in total. The second-order valence-electron chi connectivity index (χ2n) is 5.00.